The minimum atomic E-state index is -5.22. The van der Waals surface area contributed by atoms with E-state index in [0.29, 0.717) is 17.1 Å². The first-order valence-corrected chi connectivity index (χ1v) is 10.7. The molecular weight excluding hydrogens is 381 g/mol. The summed E-state index contributed by atoms with van der Waals surface area (Å²) in [7, 11) is -5.22. The summed E-state index contributed by atoms with van der Waals surface area (Å²) >= 11 is 0. The molecule has 0 heterocycles. The van der Waals surface area contributed by atoms with Crippen molar-refractivity contribution >= 4 is 24.8 Å². The summed E-state index contributed by atoms with van der Waals surface area (Å²) in [6.45, 7) is 0. The van der Waals surface area contributed by atoms with Crippen LogP contribution >= 0.6 is 7.75 Å². The molecule has 4 rings (SSSR count). The topological polar surface area (TPSA) is 63.2 Å². The van der Waals surface area contributed by atoms with Gasteiger partial charge in [0.15, 0.2) is 0 Å². The first kappa shape index (κ1) is 19.3. The molecule has 0 spiro atoms. The minimum absolute atomic E-state index is 0.371. The van der Waals surface area contributed by atoms with Gasteiger partial charge in [-0.3, -0.25) is 4.57 Å². The van der Waals surface area contributed by atoms with Gasteiger partial charge in [-0.25, -0.2) is 4.25 Å². The SMILES string of the molecule is O=P([O-])([O-])[N+](c1ccccc1)(c1ccccc1)c1ccc(-c2ccccc2)cc1. The van der Waals surface area contributed by atoms with Crippen LogP contribution < -0.4 is 14.0 Å². The molecule has 0 radical (unpaired) electrons. The number of nitrogens with zero attached hydrogens (tertiary/aromatic N) is 1. The van der Waals surface area contributed by atoms with Gasteiger partial charge in [0.1, 0.15) is 24.8 Å². The lowest BCUT2D eigenvalue weighted by Crippen LogP contribution is -2.44. The van der Waals surface area contributed by atoms with Crippen molar-refractivity contribution in [3.8, 4) is 11.1 Å². The Morgan fingerprint density at radius 3 is 1.24 bits per heavy atom. The van der Waals surface area contributed by atoms with Gasteiger partial charge in [-0.05, 0) is 23.3 Å². The Balaban J connectivity index is 1.97. The van der Waals surface area contributed by atoms with Gasteiger partial charge in [0.25, 0.3) is 0 Å². The molecule has 29 heavy (non-hydrogen) atoms. The van der Waals surface area contributed by atoms with Gasteiger partial charge in [-0.2, -0.15) is 0 Å². The average molecular weight is 400 g/mol. The van der Waals surface area contributed by atoms with Gasteiger partial charge in [-0.15, -0.1) is 0 Å². The highest BCUT2D eigenvalue weighted by Gasteiger charge is 2.40. The van der Waals surface area contributed by atoms with Gasteiger partial charge < -0.3 is 9.79 Å². The zero-order valence-corrected chi connectivity index (χ0v) is 16.5. The molecule has 0 saturated carbocycles. The molecule has 0 N–H and O–H groups in total. The number of rotatable bonds is 5. The van der Waals surface area contributed by atoms with Gasteiger partial charge in [-0.1, -0.05) is 66.7 Å². The summed E-state index contributed by atoms with van der Waals surface area (Å²) in [5.74, 6) is 0. The van der Waals surface area contributed by atoms with Gasteiger partial charge in [0, 0.05) is 36.4 Å². The summed E-state index contributed by atoms with van der Waals surface area (Å²) in [6, 6.07) is 34.1. The highest BCUT2D eigenvalue weighted by atomic mass is 31.2. The predicted octanol–water partition coefficient (Wildman–Crippen LogP) is 5.15. The van der Waals surface area contributed by atoms with Crippen LogP contribution in [-0.4, -0.2) is 0 Å². The molecule has 0 aliphatic rings. The Morgan fingerprint density at radius 2 is 0.828 bits per heavy atom. The molecule has 4 nitrogen and oxygen atoms in total. The second kappa shape index (κ2) is 7.78. The lowest BCUT2D eigenvalue weighted by atomic mass is 10.0. The second-order valence-corrected chi connectivity index (χ2v) is 8.23. The van der Waals surface area contributed by atoms with Crippen LogP contribution in [0, 0.1) is 0 Å². The van der Waals surface area contributed by atoms with E-state index in [9.17, 15) is 14.4 Å². The molecule has 144 valence electrons. The molecule has 0 fully saturated rings. The summed E-state index contributed by atoms with van der Waals surface area (Å²) in [5.41, 5.74) is 3.08. The Morgan fingerprint density at radius 1 is 0.483 bits per heavy atom. The second-order valence-electron chi connectivity index (χ2n) is 6.69. The van der Waals surface area contributed by atoms with Crippen molar-refractivity contribution in [1.82, 2.24) is 4.25 Å². The van der Waals surface area contributed by atoms with Gasteiger partial charge in [0.05, 0.1) is 0 Å². The third kappa shape index (κ3) is 3.44. The van der Waals surface area contributed by atoms with E-state index >= 15 is 0 Å². The standard InChI is InChI=1S/C24H20NO3P/c26-29(27,28)25(22-12-6-2-7-13-22,23-14-8-3-9-15-23)24-18-16-21(17-19-24)20-10-4-1-5-11-20/h1-19H,(H-,26,27,28)/p-1. The van der Waals surface area contributed by atoms with E-state index in [1.54, 1.807) is 72.8 Å². The van der Waals surface area contributed by atoms with Crippen LogP contribution in [0.4, 0.5) is 17.1 Å². The monoisotopic (exact) mass is 400 g/mol. The third-order valence-corrected chi connectivity index (χ3v) is 6.40. The molecule has 0 bridgehead atoms. The maximum atomic E-state index is 12.9. The molecule has 0 atom stereocenters. The molecule has 5 heteroatoms. The van der Waals surface area contributed by atoms with Crippen molar-refractivity contribution in [2.75, 3.05) is 0 Å². The normalized spacial score (nSPS) is 11.9. The number of quaternary nitrogens is 1. The van der Waals surface area contributed by atoms with E-state index in [-0.39, 0.29) is 0 Å². The molecule has 0 aliphatic carbocycles. The summed E-state index contributed by atoms with van der Waals surface area (Å²) < 4.78 is 12.0. The zero-order chi connectivity index (χ0) is 20.3. The molecule has 0 saturated heterocycles. The molecular formula is C24H19NO3P-. The molecule has 0 unspecified atom stereocenters. The van der Waals surface area contributed by atoms with Crippen molar-refractivity contribution in [3.63, 3.8) is 0 Å². The Labute approximate surface area is 170 Å². The Bertz CT molecular complexity index is 1090. The fraction of sp³-hybridized carbons (Fsp3) is 0. The van der Waals surface area contributed by atoms with Gasteiger partial charge >= 0.3 is 0 Å². The highest BCUT2D eigenvalue weighted by Crippen LogP contribution is 2.59. The van der Waals surface area contributed by atoms with Crippen molar-refractivity contribution in [3.05, 3.63) is 115 Å². The zero-order valence-electron chi connectivity index (χ0n) is 15.6. The van der Waals surface area contributed by atoms with Crippen LogP contribution in [0.1, 0.15) is 0 Å². The minimum Gasteiger partial charge on any atom is -0.764 e. The summed E-state index contributed by atoms with van der Waals surface area (Å²) in [5, 5.41) is 0. The molecule has 4 aromatic rings. The smallest absolute Gasteiger partial charge is 0.144 e. The average Bonchev–Trinajstić information content (AvgIpc) is 2.76. The summed E-state index contributed by atoms with van der Waals surface area (Å²) in [6.07, 6.45) is 0. The first-order chi connectivity index (χ1) is 14.0. The largest absolute Gasteiger partial charge is 0.764 e. The van der Waals surface area contributed by atoms with E-state index in [0.717, 1.165) is 11.1 Å². The van der Waals surface area contributed by atoms with Crippen LogP contribution in [0.5, 0.6) is 0 Å². The maximum Gasteiger partial charge on any atom is 0.144 e. The van der Waals surface area contributed by atoms with Crippen molar-refractivity contribution in [2.45, 2.75) is 0 Å². The van der Waals surface area contributed by atoms with Crippen molar-refractivity contribution in [1.29, 1.82) is 0 Å². The van der Waals surface area contributed by atoms with Crippen LogP contribution in [0.25, 0.3) is 11.1 Å². The lowest BCUT2D eigenvalue weighted by molar-refractivity contribution is -0.323. The van der Waals surface area contributed by atoms with Crippen LogP contribution in [0.3, 0.4) is 0 Å². The third-order valence-electron chi connectivity index (χ3n) is 4.98. The molecule has 0 amide bonds. The van der Waals surface area contributed by atoms with Crippen LogP contribution in [-0.2, 0) is 4.57 Å². The van der Waals surface area contributed by atoms with E-state index < -0.39 is 12.0 Å². The Hall–Kier alpha value is -3.01. The predicted molar refractivity (Wildman–Crippen MR) is 113 cm³/mol. The fourth-order valence-corrected chi connectivity index (χ4v) is 4.91. The lowest BCUT2D eigenvalue weighted by Gasteiger charge is -2.49. The summed E-state index contributed by atoms with van der Waals surface area (Å²) in [4.78, 5) is 25.7. The molecule has 4 aromatic carbocycles. The fourth-order valence-electron chi connectivity index (χ4n) is 3.66. The van der Waals surface area contributed by atoms with E-state index in [2.05, 4.69) is 0 Å². The van der Waals surface area contributed by atoms with E-state index in [1.165, 1.54) is 0 Å². The number of hydrogen-bond acceptors (Lipinski definition) is 3. The number of hydrogen-bond donors (Lipinski definition) is 0. The first-order valence-electron chi connectivity index (χ1n) is 9.22. The highest BCUT2D eigenvalue weighted by molar-refractivity contribution is 7.49. The Kier molecular flexibility index (Phi) is 5.18. The van der Waals surface area contributed by atoms with E-state index in [1.807, 2.05) is 42.5 Å². The number of para-hydroxylation sites is 2. The van der Waals surface area contributed by atoms with Crippen LogP contribution in [0.2, 0.25) is 0 Å². The van der Waals surface area contributed by atoms with Crippen molar-refractivity contribution in [2.24, 2.45) is 0 Å². The van der Waals surface area contributed by atoms with Crippen molar-refractivity contribution < 1.29 is 14.4 Å². The quantitative estimate of drug-likeness (QED) is 0.435. The number of benzene rings is 4. The van der Waals surface area contributed by atoms with Gasteiger partial charge in [0.2, 0.25) is 0 Å². The molecule has 0 aliphatic heterocycles. The maximum absolute atomic E-state index is 12.9. The van der Waals surface area contributed by atoms with E-state index in [4.69, 9.17) is 0 Å². The van der Waals surface area contributed by atoms with Crippen LogP contribution in [0.15, 0.2) is 115 Å². The molecule has 0 aromatic heterocycles.